The van der Waals surface area contributed by atoms with Crippen molar-refractivity contribution in [2.45, 2.75) is 125 Å². The highest BCUT2D eigenvalue weighted by Gasteiger charge is 2.60. The molecule has 0 radical (unpaired) electrons. The maximum atomic E-state index is 11.3. The van der Waals surface area contributed by atoms with Crippen LogP contribution in [0.15, 0.2) is 0 Å². The van der Waals surface area contributed by atoms with Gasteiger partial charge in [0.25, 0.3) is 0 Å². The number of hydrogen-bond donors (Lipinski definition) is 1. The molecule has 4 saturated carbocycles. The minimum Gasteiger partial charge on any atom is -0.393 e. The molecular formula is C29H52O. The minimum absolute atomic E-state index is 0.109. The summed E-state index contributed by atoms with van der Waals surface area (Å²) in [5.41, 5.74) is 1.14. The second kappa shape index (κ2) is 8.72. The van der Waals surface area contributed by atoms with Gasteiger partial charge in [0.2, 0.25) is 0 Å². The minimum atomic E-state index is -0.109. The Morgan fingerprint density at radius 1 is 0.833 bits per heavy atom. The van der Waals surface area contributed by atoms with Crippen LogP contribution in [0.25, 0.3) is 0 Å². The predicted molar refractivity (Wildman–Crippen MR) is 128 cm³/mol. The van der Waals surface area contributed by atoms with Crippen molar-refractivity contribution in [2.24, 2.45) is 58.2 Å². The first kappa shape index (κ1) is 23.1. The van der Waals surface area contributed by atoms with Gasteiger partial charge in [-0.05, 0) is 116 Å². The highest BCUT2D eigenvalue weighted by molar-refractivity contribution is 5.09. The summed E-state index contributed by atoms with van der Waals surface area (Å²) in [6, 6.07) is 0. The van der Waals surface area contributed by atoms with Crippen LogP contribution in [-0.4, -0.2) is 11.2 Å². The summed E-state index contributed by atoms with van der Waals surface area (Å²) in [4.78, 5) is 0. The Morgan fingerprint density at radius 3 is 2.27 bits per heavy atom. The van der Waals surface area contributed by atoms with Crippen molar-refractivity contribution in [1.82, 2.24) is 0 Å². The smallest absolute Gasteiger partial charge is 0.0571 e. The summed E-state index contributed by atoms with van der Waals surface area (Å²) in [6.07, 6.45) is 16.9. The van der Waals surface area contributed by atoms with Crippen molar-refractivity contribution in [2.75, 3.05) is 0 Å². The van der Waals surface area contributed by atoms with Crippen LogP contribution in [0.3, 0.4) is 0 Å². The third-order valence-corrected chi connectivity index (χ3v) is 11.9. The van der Waals surface area contributed by atoms with E-state index in [1.807, 2.05) is 0 Å². The van der Waals surface area contributed by atoms with Gasteiger partial charge in [-0.1, -0.05) is 60.8 Å². The molecule has 10 atom stereocenters. The van der Waals surface area contributed by atoms with E-state index in [1.165, 1.54) is 70.6 Å². The van der Waals surface area contributed by atoms with E-state index in [-0.39, 0.29) is 6.10 Å². The summed E-state index contributed by atoms with van der Waals surface area (Å²) >= 11 is 0. The number of hydrogen-bond acceptors (Lipinski definition) is 1. The zero-order valence-electron chi connectivity index (χ0n) is 21.1. The molecule has 4 fully saturated rings. The Hall–Kier alpha value is -0.0400. The summed E-state index contributed by atoms with van der Waals surface area (Å²) in [7, 11) is 0. The molecule has 4 aliphatic carbocycles. The van der Waals surface area contributed by atoms with Crippen molar-refractivity contribution in [1.29, 1.82) is 0 Å². The lowest BCUT2D eigenvalue weighted by Gasteiger charge is -2.61. The van der Waals surface area contributed by atoms with Crippen molar-refractivity contribution < 1.29 is 5.11 Å². The fourth-order valence-corrected chi connectivity index (χ4v) is 9.90. The molecule has 0 spiro atoms. The number of rotatable bonds is 6. The monoisotopic (exact) mass is 416 g/mol. The van der Waals surface area contributed by atoms with Gasteiger partial charge in [-0.25, -0.2) is 0 Å². The van der Waals surface area contributed by atoms with E-state index < -0.39 is 0 Å². The van der Waals surface area contributed by atoms with Crippen LogP contribution in [0.5, 0.6) is 0 Å². The number of aliphatic hydroxyl groups is 1. The van der Waals surface area contributed by atoms with Crippen molar-refractivity contribution in [3.63, 3.8) is 0 Å². The van der Waals surface area contributed by atoms with Gasteiger partial charge in [0.05, 0.1) is 6.10 Å². The molecule has 0 heterocycles. The van der Waals surface area contributed by atoms with Gasteiger partial charge in [-0.3, -0.25) is 0 Å². The molecule has 0 aromatic heterocycles. The average molecular weight is 417 g/mol. The highest BCUT2D eigenvalue weighted by atomic mass is 16.3. The van der Waals surface area contributed by atoms with Crippen LogP contribution in [-0.2, 0) is 0 Å². The maximum absolute atomic E-state index is 11.3. The molecule has 0 aromatic carbocycles. The molecule has 0 amide bonds. The summed E-state index contributed by atoms with van der Waals surface area (Å²) in [5, 5.41) is 11.3. The van der Waals surface area contributed by atoms with Gasteiger partial charge < -0.3 is 5.11 Å². The molecule has 30 heavy (non-hydrogen) atoms. The zero-order valence-corrected chi connectivity index (χ0v) is 21.1. The van der Waals surface area contributed by atoms with E-state index in [1.54, 1.807) is 0 Å². The largest absolute Gasteiger partial charge is 0.393 e. The molecule has 0 aromatic rings. The van der Waals surface area contributed by atoms with Crippen LogP contribution in [0, 0.1) is 58.2 Å². The second-order valence-corrected chi connectivity index (χ2v) is 13.2. The molecule has 1 N–H and O–H groups in total. The van der Waals surface area contributed by atoms with E-state index in [0.717, 1.165) is 36.0 Å². The first-order chi connectivity index (χ1) is 14.2. The van der Waals surface area contributed by atoms with Gasteiger partial charge in [0.1, 0.15) is 0 Å². The zero-order chi connectivity index (χ0) is 21.7. The molecule has 174 valence electrons. The summed E-state index contributed by atoms with van der Waals surface area (Å²) in [6.45, 7) is 14.7. The Labute approximate surface area is 188 Å². The summed E-state index contributed by atoms with van der Waals surface area (Å²) in [5.74, 6) is 6.50. The molecule has 1 heteroatoms. The fraction of sp³-hybridized carbons (Fsp3) is 1.00. The van der Waals surface area contributed by atoms with E-state index >= 15 is 0 Å². The number of aliphatic hydroxyl groups excluding tert-OH is 1. The molecule has 4 aliphatic rings. The molecule has 4 rings (SSSR count). The van der Waals surface area contributed by atoms with Gasteiger partial charge >= 0.3 is 0 Å². The maximum Gasteiger partial charge on any atom is 0.0571 e. The fourth-order valence-electron chi connectivity index (χ4n) is 9.90. The van der Waals surface area contributed by atoms with Crippen LogP contribution in [0.1, 0.15) is 119 Å². The lowest BCUT2D eigenvalue weighted by atomic mass is 9.44. The predicted octanol–water partition coefficient (Wildman–Crippen LogP) is 8.10. The third kappa shape index (κ3) is 3.72. The average Bonchev–Trinajstić information content (AvgIpc) is 3.07. The van der Waals surface area contributed by atoms with Crippen LogP contribution in [0.2, 0.25) is 0 Å². The Kier molecular flexibility index (Phi) is 6.72. The SMILES string of the molecule is CCC(C[C@H](O)C(C)C1CCC2C3CCC4CCCCC4(C)C3CCC21C)C(C)C. The van der Waals surface area contributed by atoms with Crippen molar-refractivity contribution in [3.8, 4) is 0 Å². The second-order valence-electron chi connectivity index (χ2n) is 13.2. The van der Waals surface area contributed by atoms with Crippen molar-refractivity contribution in [3.05, 3.63) is 0 Å². The van der Waals surface area contributed by atoms with Crippen LogP contribution >= 0.6 is 0 Å². The Balaban J connectivity index is 1.48. The molecule has 0 aliphatic heterocycles. The van der Waals surface area contributed by atoms with Crippen molar-refractivity contribution >= 4 is 0 Å². The Bertz CT molecular complexity index is 583. The van der Waals surface area contributed by atoms with E-state index in [4.69, 9.17) is 0 Å². The van der Waals surface area contributed by atoms with Crippen LogP contribution in [0.4, 0.5) is 0 Å². The van der Waals surface area contributed by atoms with Gasteiger partial charge in [0, 0.05) is 0 Å². The van der Waals surface area contributed by atoms with E-state index in [0.29, 0.717) is 28.6 Å². The lowest BCUT2D eigenvalue weighted by Crippen LogP contribution is -2.53. The molecule has 0 saturated heterocycles. The quantitative estimate of drug-likeness (QED) is 0.463. The van der Waals surface area contributed by atoms with Crippen LogP contribution < -0.4 is 0 Å². The van der Waals surface area contributed by atoms with Gasteiger partial charge in [-0.15, -0.1) is 0 Å². The normalized spacial score (nSPS) is 46.6. The first-order valence-electron chi connectivity index (χ1n) is 13.9. The van der Waals surface area contributed by atoms with E-state index in [2.05, 4.69) is 41.5 Å². The lowest BCUT2D eigenvalue weighted by molar-refractivity contribution is -0.118. The Morgan fingerprint density at radius 2 is 1.57 bits per heavy atom. The first-order valence-corrected chi connectivity index (χ1v) is 13.9. The molecular weight excluding hydrogens is 364 g/mol. The molecule has 1 nitrogen and oxygen atoms in total. The highest BCUT2D eigenvalue weighted by Crippen LogP contribution is 2.68. The number of fused-ring (bicyclic) bond motifs is 5. The topological polar surface area (TPSA) is 20.2 Å². The molecule has 0 bridgehead atoms. The molecule has 9 unspecified atom stereocenters. The standard InChI is InChI=1S/C29H52O/c1-7-21(19(2)3)18-27(30)20(4)24-13-14-25-23-12-11-22-10-8-9-16-28(22,5)26(23)15-17-29(24,25)6/h19-27,30H,7-18H2,1-6H3/t20?,21?,22?,23?,24?,25?,26?,27-,28?,29?/m0/s1. The van der Waals surface area contributed by atoms with E-state index in [9.17, 15) is 5.11 Å². The third-order valence-electron chi connectivity index (χ3n) is 11.9. The van der Waals surface area contributed by atoms with Gasteiger partial charge in [-0.2, -0.15) is 0 Å². The summed E-state index contributed by atoms with van der Waals surface area (Å²) < 4.78 is 0. The van der Waals surface area contributed by atoms with Gasteiger partial charge in [0.15, 0.2) is 0 Å².